The number of nitrogens with one attached hydrogen (secondary N) is 1. The van der Waals surface area contributed by atoms with Crippen molar-refractivity contribution in [1.29, 1.82) is 0 Å². The lowest BCUT2D eigenvalue weighted by molar-refractivity contribution is 0.613. The maximum atomic E-state index is 4.60. The number of aromatic nitrogens is 5. The van der Waals surface area contributed by atoms with E-state index < -0.39 is 0 Å². The van der Waals surface area contributed by atoms with Gasteiger partial charge in [0.2, 0.25) is 5.95 Å². The van der Waals surface area contributed by atoms with Gasteiger partial charge < -0.3 is 5.32 Å². The van der Waals surface area contributed by atoms with Crippen molar-refractivity contribution in [3.8, 4) is 11.3 Å². The Kier molecular flexibility index (Phi) is 4.84. The summed E-state index contributed by atoms with van der Waals surface area (Å²) in [6, 6.07) is 5.77. The van der Waals surface area contributed by atoms with Crippen molar-refractivity contribution in [2.24, 2.45) is 0 Å². The summed E-state index contributed by atoms with van der Waals surface area (Å²) in [4.78, 5) is 13.0. The van der Waals surface area contributed by atoms with Crippen LogP contribution in [0.4, 0.5) is 5.95 Å². The van der Waals surface area contributed by atoms with Crippen LogP contribution in [0.3, 0.4) is 0 Å². The molecule has 3 rings (SSSR count). The van der Waals surface area contributed by atoms with Crippen molar-refractivity contribution in [3.63, 3.8) is 0 Å². The molecule has 0 atom stereocenters. The molecule has 0 aromatic carbocycles. The van der Waals surface area contributed by atoms with Gasteiger partial charge in [0.05, 0.1) is 17.9 Å². The van der Waals surface area contributed by atoms with E-state index in [1.165, 1.54) is 11.3 Å². The van der Waals surface area contributed by atoms with Crippen molar-refractivity contribution in [2.45, 2.75) is 33.7 Å². The maximum Gasteiger partial charge on any atom is 0.223 e. The normalized spacial score (nSPS) is 10.8. The molecule has 0 aliphatic heterocycles. The van der Waals surface area contributed by atoms with Gasteiger partial charge in [-0.25, -0.2) is 9.97 Å². The molecule has 24 heavy (non-hydrogen) atoms. The van der Waals surface area contributed by atoms with Gasteiger partial charge >= 0.3 is 0 Å². The van der Waals surface area contributed by atoms with Crippen molar-refractivity contribution in [1.82, 2.24) is 24.7 Å². The second kappa shape index (κ2) is 7.21. The molecule has 3 heterocycles. The first-order chi connectivity index (χ1) is 11.7. The van der Waals surface area contributed by atoms with E-state index in [1.807, 2.05) is 22.9 Å². The fraction of sp³-hybridized carbons (Fsp3) is 0.333. The standard InChI is InChI=1S/C18H22N6/c1-4-16-13(2)23-24(14(16)3)11-10-21-18-20-9-7-17(22-18)15-6-5-8-19-12-15/h5-9,12H,4,10-11H2,1-3H3,(H,20,21,22). The zero-order valence-corrected chi connectivity index (χ0v) is 14.3. The van der Waals surface area contributed by atoms with E-state index >= 15 is 0 Å². The third-order valence-electron chi connectivity index (χ3n) is 4.10. The monoisotopic (exact) mass is 322 g/mol. The third kappa shape index (κ3) is 3.42. The van der Waals surface area contributed by atoms with Crippen LogP contribution in [0.2, 0.25) is 0 Å². The number of pyridine rings is 1. The van der Waals surface area contributed by atoms with Crippen LogP contribution in [0.25, 0.3) is 11.3 Å². The number of nitrogens with zero attached hydrogens (tertiary/aromatic N) is 5. The lowest BCUT2D eigenvalue weighted by Gasteiger charge is -2.08. The highest BCUT2D eigenvalue weighted by Crippen LogP contribution is 2.16. The number of hydrogen-bond acceptors (Lipinski definition) is 5. The Hall–Kier alpha value is -2.76. The van der Waals surface area contributed by atoms with Crippen molar-refractivity contribution in [2.75, 3.05) is 11.9 Å². The van der Waals surface area contributed by atoms with Crippen LogP contribution in [0.15, 0.2) is 36.8 Å². The molecule has 0 aliphatic carbocycles. The Morgan fingerprint density at radius 1 is 1.17 bits per heavy atom. The summed E-state index contributed by atoms with van der Waals surface area (Å²) in [5.74, 6) is 0.619. The second-order valence-corrected chi connectivity index (χ2v) is 5.66. The number of hydrogen-bond donors (Lipinski definition) is 1. The summed E-state index contributed by atoms with van der Waals surface area (Å²) in [5.41, 5.74) is 5.53. The van der Waals surface area contributed by atoms with Crippen LogP contribution < -0.4 is 5.32 Å². The highest BCUT2D eigenvalue weighted by molar-refractivity contribution is 5.58. The minimum absolute atomic E-state index is 0.619. The van der Waals surface area contributed by atoms with E-state index in [9.17, 15) is 0 Å². The van der Waals surface area contributed by atoms with Gasteiger partial charge in [-0.05, 0) is 44.0 Å². The van der Waals surface area contributed by atoms with Crippen molar-refractivity contribution < 1.29 is 0 Å². The third-order valence-corrected chi connectivity index (χ3v) is 4.10. The van der Waals surface area contributed by atoms with Gasteiger partial charge in [0.25, 0.3) is 0 Å². The van der Waals surface area contributed by atoms with E-state index in [0.717, 1.165) is 36.5 Å². The van der Waals surface area contributed by atoms with Gasteiger partial charge in [0, 0.05) is 36.4 Å². The summed E-state index contributed by atoms with van der Waals surface area (Å²) >= 11 is 0. The molecular formula is C18H22N6. The molecule has 1 N–H and O–H groups in total. The largest absolute Gasteiger partial charge is 0.352 e. The zero-order chi connectivity index (χ0) is 16.9. The summed E-state index contributed by atoms with van der Waals surface area (Å²) < 4.78 is 2.05. The Bertz CT molecular complexity index is 810. The summed E-state index contributed by atoms with van der Waals surface area (Å²) in [7, 11) is 0. The molecule has 0 fully saturated rings. The van der Waals surface area contributed by atoms with Gasteiger partial charge in [-0.1, -0.05) is 6.92 Å². The van der Waals surface area contributed by atoms with Gasteiger partial charge in [0.1, 0.15) is 0 Å². The van der Waals surface area contributed by atoms with Crippen LogP contribution in [-0.2, 0) is 13.0 Å². The van der Waals surface area contributed by atoms with Gasteiger partial charge in [-0.2, -0.15) is 5.10 Å². The van der Waals surface area contributed by atoms with E-state index in [2.05, 4.69) is 46.1 Å². The summed E-state index contributed by atoms with van der Waals surface area (Å²) in [5, 5.41) is 7.88. The van der Waals surface area contributed by atoms with Gasteiger partial charge in [-0.15, -0.1) is 0 Å². The summed E-state index contributed by atoms with van der Waals surface area (Å²) in [6.07, 6.45) is 6.33. The Morgan fingerprint density at radius 3 is 2.75 bits per heavy atom. The fourth-order valence-corrected chi connectivity index (χ4v) is 2.86. The highest BCUT2D eigenvalue weighted by Gasteiger charge is 2.09. The first-order valence-corrected chi connectivity index (χ1v) is 8.19. The van der Waals surface area contributed by atoms with Gasteiger partial charge in [-0.3, -0.25) is 9.67 Å². The Balaban J connectivity index is 1.65. The minimum Gasteiger partial charge on any atom is -0.352 e. The SMILES string of the molecule is CCc1c(C)nn(CCNc2nccc(-c3cccnc3)n2)c1C. The van der Waals surface area contributed by atoms with Crippen LogP contribution in [0, 0.1) is 13.8 Å². The van der Waals surface area contributed by atoms with E-state index in [0.29, 0.717) is 5.95 Å². The molecule has 0 saturated heterocycles. The molecule has 6 heteroatoms. The van der Waals surface area contributed by atoms with Crippen LogP contribution in [0.1, 0.15) is 23.9 Å². The Morgan fingerprint density at radius 2 is 2.04 bits per heavy atom. The average molecular weight is 322 g/mol. The van der Waals surface area contributed by atoms with Crippen molar-refractivity contribution in [3.05, 3.63) is 53.7 Å². The molecule has 0 amide bonds. The average Bonchev–Trinajstić information content (AvgIpc) is 2.89. The molecule has 3 aromatic rings. The quantitative estimate of drug-likeness (QED) is 0.755. The first-order valence-electron chi connectivity index (χ1n) is 8.19. The van der Waals surface area contributed by atoms with E-state index in [-0.39, 0.29) is 0 Å². The fourth-order valence-electron chi connectivity index (χ4n) is 2.86. The molecule has 124 valence electrons. The molecule has 6 nitrogen and oxygen atoms in total. The van der Waals surface area contributed by atoms with Crippen molar-refractivity contribution >= 4 is 5.95 Å². The smallest absolute Gasteiger partial charge is 0.223 e. The predicted octanol–water partition coefficient (Wildman–Crippen LogP) is 3.03. The van der Waals surface area contributed by atoms with Crippen LogP contribution in [-0.4, -0.2) is 31.3 Å². The van der Waals surface area contributed by atoms with E-state index in [1.54, 1.807) is 18.6 Å². The first kappa shape index (κ1) is 16.1. The van der Waals surface area contributed by atoms with Crippen LogP contribution >= 0.6 is 0 Å². The number of aryl methyl sites for hydroxylation is 1. The topological polar surface area (TPSA) is 68.5 Å². The molecule has 0 unspecified atom stereocenters. The Labute approximate surface area is 142 Å². The van der Waals surface area contributed by atoms with Crippen LogP contribution in [0.5, 0.6) is 0 Å². The van der Waals surface area contributed by atoms with Gasteiger partial charge in [0.15, 0.2) is 0 Å². The number of rotatable bonds is 6. The molecule has 0 radical (unpaired) electrons. The molecule has 3 aromatic heterocycles. The molecule has 0 bridgehead atoms. The molecule has 0 saturated carbocycles. The molecular weight excluding hydrogens is 300 g/mol. The highest BCUT2D eigenvalue weighted by atomic mass is 15.3. The maximum absolute atomic E-state index is 4.60. The number of anilines is 1. The lowest BCUT2D eigenvalue weighted by atomic mass is 10.1. The van der Waals surface area contributed by atoms with E-state index in [4.69, 9.17) is 0 Å². The second-order valence-electron chi connectivity index (χ2n) is 5.66. The lowest BCUT2D eigenvalue weighted by Crippen LogP contribution is -2.14. The molecule has 0 aliphatic rings. The predicted molar refractivity (Wildman–Crippen MR) is 94.8 cm³/mol. The zero-order valence-electron chi connectivity index (χ0n) is 14.3. The molecule has 0 spiro atoms. The summed E-state index contributed by atoms with van der Waals surface area (Å²) in [6.45, 7) is 7.86. The minimum atomic E-state index is 0.619.